The Morgan fingerprint density at radius 2 is 1.53 bits per heavy atom. The summed E-state index contributed by atoms with van der Waals surface area (Å²) in [6, 6.07) is 7.07. The molecule has 6 aromatic rings. The van der Waals surface area contributed by atoms with Crippen molar-refractivity contribution < 1.29 is 103 Å². The average Bonchev–Trinajstić information content (AvgIpc) is 1.51. The Kier molecular flexibility index (Phi) is 19.8. The second-order valence-corrected chi connectivity index (χ2v) is 30.9. The minimum atomic E-state index is -5.48. The van der Waals surface area contributed by atoms with Crippen LogP contribution in [0.25, 0.3) is 22.0 Å². The van der Waals surface area contributed by atoms with E-state index < -0.39 is 201 Å². The number of aromatic nitrogens is 5. The van der Waals surface area contributed by atoms with Crippen LogP contribution >= 0.6 is 27.0 Å². The van der Waals surface area contributed by atoms with Gasteiger partial charge in [0.2, 0.25) is 11.8 Å². The lowest BCUT2D eigenvalue weighted by Crippen LogP contribution is -2.37. The molecule has 3 aromatic heterocycles. The highest BCUT2D eigenvalue weighted by Crippen LogP contribution is 2.68. The number of carbonyl (C=O) groups is 2. The van der Waals surface area contributed by atoms with Crippen LogP contribution in [0.1, 0.15) is 131 Å². The Balaban J connectivity index is 1.28. The number of rotatable bonds is 22. The largest absolute Gasteiger partial charge is 0.524 e. The molecule has 35 heteroatoms. The summed E-state index contributed by atoms with van der Waals surface area (Å²) >= 11 is 3.45. The zero-order chi connectivity index (χ0) is 68.7. The average molecular weight is 1400 g/mol. The molecule has 2 aliphatic rings. The monoisotopic (exact) mass is 1400 g/mol. The van der Waals surface area contributed by atoms with Crippen molar-refractivity contribution in [3.05, 3.63) is 122 Å². The van der Waals surface area contributed by atoms with E-state index in [0.717, 1.165) is 48.7 Å². The van der Waals surface area contributed by atoms with Gasteiger partial charge in [0.1, 0.15) is 46.6 Å². The van der Waals surface area contributed by atoms with E-state index in [1.54, 1.807) is 27.7 Å². The standard InChI is InChI=1S/C57H60ClF10N7O13P2S2/c1-28(2)86-89(78,87-29(3)4)35-17-30(5)48(43(22-35)88-90(79,80)81)53(6,7)24-45(77)75(91(82)83)25-42-47-40(58)14-13-37(50(47)74(71-42)27-55(61,62)63)36-12-11-34(15-16-54(8,9)92(10,84)85)69-49(36)41(20-31-18-32(59)21-33(60)19-31)70-44(76)26-73-52-46(51(72-73)57(66,67)68)38-23-39(38)56(52,64)65/h11-14,17-19,21-22,28-29,38-39,41H,20,23-27H2,1-10H3,(H,70,76)(H,82,83)(H2,79,80,81)/t38-,39+,41-/m0/s1. The van der Waals surface area contributed by atoms with Crippen LogP contribution in [0, 0.1) is 36.3 Å². The number of pyridine rings is 1. The number of alkyl halides is 8. The summed E-state index contributed by atoms with van der Waals surface area (Å²) in [4.78, 5) is 53.7. The number of sulfone groups is 1. The molecule has 500 valence electrons. The molecular formula is C57H60ClF10N7O13P2S2. The third-order valence-electron chi connectivity index (χ3n) is 14.9. The van der Waals surface area contributed by atoms with Gasteiger partial charge in [-0.05, 0) is 127 Å². The van der Waals surface area contributed by atoms with Gasteiger partial charge < -0.3 is 18.9 Å². The normalized spacial score (nSPS) is 16.7. The van der Waals surface area contributed by atoms with E-state index in [2.05, 4.69) is 32.3 Å². The first-order valence-corrected chi connectivity index (χ1v) is 34.1. The second kappa shape index (κ2) is 25.5. The maximum Gasteiger partial charge on any atom is 0.524 e. The number of carbonyl (C=O) groups excluding carboxylic acids is 2. The summed E-state index contributed by atoms with van der Waals surface area (Å²) in [5.41, 5.74) is -8.19. The summed E-state index contributed by atoms with van der Waals surface area (Å²) in [7, 11) is -13.7. The summed E-state index contributed by atoms with van der Waals surface area (Å²) in [6.07, 6.45) is -12.9. The molecule has 1 unspecified atom stereocenters. The predicted molar refractivity (Wildman–Crippen MR) is 315 cm³/mol. The zero-order valence-corrected chi connectivity index (χ0v) is 54.5. The summed E-state index contributed by atoms with van der Waals surface area (Å²) in [6.45, 7) is 8.36. The Morgan fingerprint density at radius 1 is 0.924 bits per heavy atom. The van der Waals surface area contributed by atoms with Crippen molar-refractivity contribution in [3.63, 3.8) is 0 Å². The van der Waals surface area contributed by atoms with Crippen LogP contribution < -0.4 is 15.1 Å². The molecule has 4 atom stereocenters. The first-order chi connectivity index (χ1) is 42.1. The predicted octanol–water partition coefficient (Wildman–Crippen LogP) is 11.6. The van der Waals surface area contributed by atoms with Crippen LogP contribution in [-0.2, 0) is 92.4 Å². The van der Waals surface area contributed by atoms with Gasteiger partial charge in [0, 0.05) is 57.7 Å². The number of hydrogen-bond donors (Lipinski definition) is 4. The lowest BCUT2D eigenvalue weighted by molar-refractivity contribution is -0.143. The van der Waals surface area contributed by atoms with Gasteiger partial charge in [0.25, 0.3) is 17.2 Å². The number of fused-ring (bicyclic) bond motifs is 4. The molecule has 1 fully saturated rings. The molecule has 4 N–H and O–H groups in total. The molecule has 0 aliphatic heterocycles. The Morgan fingerprint density at radius 3 is 2.09 bits per heavy atom. The van der Waals surface area contributed by atoms with Gasteiger partial charge in [-0.15, -0.1) is 0 Å². The van der Waals surface area contributed by atoms with Crippen molar-refractivity contribution in [1.29, 1.82) is 0 Å². The maximum atomic E-state index is 15.8. The van der Waals surface area contributed by atoms with E-state index in [4.69, 9.17) is 25.2 Å². The quantitative estimate of drug-likeness (QED) is 0.0213. The first-order valence-electron chi connectivity index (χ1n) is 27.7. The van der Waals surface area contributed by atoms with Crippen molar-refractivity contribution in [2.45, 2.75) is 154 Å². The fourth-order valence-corrected chi connectivity index (χ4v) is 14.4. The SMILES string of the molecule is Cc1cc(P(=O)(OC(C)C)OC(C)C)cc(OP(=O)(O)O)c1C(C)(C)CC(=O)N(Cc1nn(CC(F)(F)F)c2c(-c3ccc(C#CC(C)(C)S(C)(=O)=O)nc3[C@H](Cc3cc(F)cc(F)c3)NC(=O)Cn3nc(C(F)(F)F)c4c3C(F)(F)[C@@H]3C[C@H]43)ccc(Cl)c12)S(=O)O. The number of halogens is 11. The second-order valence-electron chi connectivity index (χ2n) is 23.9. The van der Waals surface area contributed by atoms with Crippen molar-refractivity contribution in [2.24, 2.45) is 5.92 Å². The highest BCUT2D eigenvalue weighted by molar-refractivity contribution is 7.92. The molecule has 2 aliphatic carbocycles. The fraction of sp³-hybridized carbons (Fsp3) is 0.456. The Hall–Kier alpha value is -6.26. The minimum Gasteiger partial charge on any atom is -0.404 e. The number of phosphoric ester groups is 1. The molecule has 0 saturated heterocycles. The van der Waals surface area contributed by atoms with Crippen LogP contribution in [0.15, 0.2) is 54.6 Å². The summed E-state index contributed by atoms with van der Waals surface area (Å²) in [5.74, 6) is -7.06. The molecule has 0 radical (unpaired) electrons. The van der Waals surface area contributed by atoms with Gasteiger partial charge in [-0.3, -0.25) is 37.9 Å². The molecule has 20 nitrogen and oxygen atoms in total. The van der Waals surface area contributed by atoms with Gasteiger partial charge in [-0.25, -0.2) is 35.3 Å². The molecule has 8 rings (SSSR count). The van der Waals surface area contributed by atoms with Crippen LogP contribution in [0.2, 0.25) is 5.02 Å². The van der Waals surface area contributed by atoms with Gasteiger partial charge in [0.05, 0.1) is 52.0 Å². The van der Waals surface area contributed by atoms with Crippen LogP contribution in [-0.4, -0.2) is 97.0 Å². The molecule has 3 aromatic carbocycles. The maximum absolute atomic E-state index is 15.8. The smallest absolute Gasteiger partial charge is 0.404 e. The zero-order valence-electron chi connectivity index (χ0n) is 50.3. The van der Waals surface area contributed by atoms with Gasteiger partial charge >= 0.3 is 27.8 Å². The molecule has 0 bridgehead atoms. The van der Waals surface area contributed by atoms with E-state index in [-0.39, 0.29) is 54.2 Å². The number of benzene rings is 3. The van der Waals surface area contributed by atoms with Crippen molar-refractivity contribution in [1.82, 2.24) is 34.2 Å². The first kappa shape index (κ1) is 71.6. The fourth-order valence-electron chi connectivity index (χ4n) is 11.0. The van der Waals surface area contributed by atoms with E-state index in [9.17, 15) is 72.0 Å². The number of phosphoric acid groups is 1. The Labute approximate surface area is 527 Å². The lowest BCUT2D eigenvalue weighted by atomic mass is 9.78. The number of nitrogens with zero attached hydrogens (tertiary/aromatic N) is 6. The molecule has 1 saturated carbocycles. The van der Waals surface area contributed by atoms with Crippen molar-refractivity contribution >= 4 is 76.1 Å². The number of hydrogen-bond acceptors (Lipinski definition) is 13. The van der Waals surface area contributed by atoms with Gasteiger partial charge in [-0.1, -0.05) is 37.4 Å². The Bertz CT molecular complexity index is 4230. The topological polar surface area (TPSA) is 272 Å². The van der Waals surface area contributed by atoms with Crippen LogP contribution in [0.5, 0.6) is 5.75 Å². The van der Waals surface area contributed by atoms with Crippen LogP contribution in [0.3, 0.4) is 0 Å². The van der Waals surface area contributed by atoms with Crippen LogP contribution in [0.4, 0.5) is 43.9 Å². The summed E-state index contributed by atoms with van der Waals surface area (Å²) in [5, 5.41) is 8.96. The third kappa shape index (κ3) is 15.6. The highest BCUT2D eigenvalue weighted by atomic mass is 35.5. The lowest BCUT2D eigenvalue weighted by Gasteiger charge is -2.32. The van der Waals surface area contributed by atoms with E-state index in [1.807, 2.05) is 0 Å². The number of amides is 2. The van der Waals surface area contributed by atoms with Crippen molar-refractivity contribution in [3.8, 4) is 28.7 Å². The summed E-state index contributed by atoms with van der Waals surface area (Å²) < 4.78 is 241. The molecule has 3 heterocycles. The third-order valence-corrected chi connectivity index (χ3v) is 20.6. The number of aryl methyl sites for hydroxylation is 1. The molecule has 92 heavy (non-hydrogen) atoms. The molecular weight excluding hydrogens is 1340 g/mol. The van der Waals surface area contributed by atoms with E-state index in [0.29, 0.717) is 10.7 Å². The van der Waals surface area contributed by atoms with Crippen molar-refractivity contribution in [2.75, 3.05) is 6.26 Å². The number of nitrogens with one attached hydrogen (secondary N) is 1. The minimum absolute atomic E-state index is 0.0922. The molecule has 0 spiro atoms. The van der Waals surface area contributed by atoms with E-state index in [1.165, 1.54) is 40.7 Å². The van der Waals surface area contributed by atoms with E-state index >= 15 is 17.6 Å². The molecule has 2 amide bonds. The van der Waals surface area contributed by atoms with Gasteiger partial charge in [-0.2, -0.15) is 45.3 Å². The van der Waals surface area contributed by atoms with Gasteiger partial charge in [0.15, 0.2) is 15.5 Å². The highest BCUT2D eigenvalue weighted by Gasteiger charge is 2.68.